The van der Waals surface area contributed by atoms with Crippen LogP contribution in [0.15, 0.2) is 103 Å². The molecule has 0 spiro atoms. The van der Waals surface area contributed by atoms with Gasteiger partial charge in [0.25, 0.3) is 0 Å². The van der Waals surface area contributed by atoms with Gasteiger partial charge in [-0.15, -0.1) is 0 Å². The van der Waals surface area contributed by atoms with Crippen LogP contribution in [0.1, 0.15) is 92.2 Å². The summed E-state index contributed by atoms with van der Waals surface area (Å²) in [7, 11) is 2.14. The zero-order valence-corrected chi connectivity index (χ0v) is 29.5. The van der Waals surface area contributed by atoms with Gasteiger partial charge in [0, 0.05) is 51.0 Å². The van der Waals surface area contributed by atoms with Crippen LogP contribution >= 0.6 is 0 Å². The lowest BCUT2D eigenvalue weighted by Crippen LogP contribution is -2.38. The van der Waals surface area contributed by atoms with Gasteiger partial charge >= 0.3 is 0 Å². The second kappa shape index (κ2) is 18.6. The van der Waals surface area contributed by atoms with E-state index < -0.39 is 6.29 Å². The van der Waals surface area contributed by atoms with Crippen molar-refractivity contribution in [2.45, 2.75) is 83.6 Å². The number of unbranched alkanes of at least 4 members (excludes halogenated alkanes) is 2. The van der Waals surface area contributed by atoms with E-state index in [0.717, 1.165) is 65.6 Å². The first-order valence-corrected chi connectivity index (χ1v) is 17.7. The van der Waals surface area contributed by atoms with Crippen LogP contribution in [0, 0.1) is 0 Å². The summed E-state index contributed by atoms with van der Waals surface area (Å²) in [6.45, 7) is 5.62. The summed E-state index contributed by atoms with van der Waals surface area (Å²) >= 11 is 0. The SMILES string of the molecule is CC(=O)NCCCCCC(=O)NCc1cccc(-c2ccc([C@H]3O[C@@H](CN(C)[C@@H](C)c4ccccc4)C[C@@H](c4ccc(CO)cc4)O3)cc2)c1. The summed E-state index contributed by atoms with van der Waals surface area (Å²) in [4.78, 5) is 25.7. The van der Waals surface area contributed by atoms with Crippen molar-refractivity contribution in [3.8, 4) is 11.1 Å². The highest BCUT2D eigenvalue weighted by atomic mass is 16.7. The third-order valence-electron chi connectivity index (χ3n) is 9.44. The van der Waals surface area contributed by atoms with Crippen molar-refractivity contribution in [1.29, 1.82) is 0 Å². The number of ether oxygens (including phenoxy) is 2. The maximum absolute atomic E-state index is 12.4. The number of likely N-dealkylation sites (N-methyl/N-ethyl adjacent to an activating group) is 1. The molecular formula is C42H51N3O5. The molecule has 1 fully saturated rings. The summed E-state index contributed by atoms with van der Waals surface area (Å²) in [5.41, 5.74) is 7.35. The second-order valence-electron chi connectivity index (χ2n) is 13.3. The molecule has 0 aliphatic carbocycles. The monoisotopic (exact) mass is 677 g/mol. The number of nitrogens with zero attached hydrogens (tertiary/aromatic N) is 1. The number of carbonyl (C=O) groups excluding carboxylic acids is 2. The first-order chi connectivity index (χ1) is 24.3. The number of amides is 2. The van der Waals surface area contributed by atoms with E-state index in [9.17, 15) is 14.7 Å². The molecule has 1 aliphatic rings. The number of rotatable bonds is 16. The number of hydrogen-bond acceptors (Lipinski definition) is 6. The Hall–Kier alpha value is -4.34. The third-order valence-corrected chi connectivity index (χ3v) is 9.44. The fraction of sp³-hybridized carbons (Fsp3) is 0.381. The fourth-order valence-electron chi connectivity index (χ4n) is 6.33. The molecule has 2 amide bonds. The Morgan fingerprint density at radius 2 is 1.56 bits per heavy atom. The number of nitrogens with one attached hydrogen (secondary N) is 2. The van der Waals surface area contributed by atoms with Crippen molar-refractivity contribution in [3.05, 3.63) is 131 Å². The quantitative estimate of drug-likeness (QED) is 0.107. The van der Waals surface area contributed by atoms with Crippen LogP contribution in [0.25, 0.3) is 11.1 Å². The summed E-state index contributed by atoms with van der Waals surface area (Å²) in [5, 5.41) is 15.4. The molecule has 0 bridgehead atoms. The van der Waals surface area contributed by atoms with E-state index in [0.29, 0.717) is 19.5 Å². The van der Waals surface area contributed by atoms with Gasteiger partial charge in [0.2, 0.25) is 11.8 Å². The van der Waals surface area contributed by atoms with Gasteiger partial charge in [-0.25, -0.2) is 0 Å². The number of hydrogen-bond donors (Lipinski definition) is 3. The standard InChI is InChI=1S/C42H51N3O5/c1-30(34-12-6-4-7-13-34)45(3)28-39-26-40(36-18-16-32(29-46)17-19-36)50-42(49-39)37-22-20-35(21-23-37)38-14-10-11-33(25-38)27-44-41(48)15-8-5-9-24-43-31(2)47/h4,6-7,10-14,16-23,25,30,39-40,42,46H,5,8-9,15,24,26-29H2,1-3H3,(H,43,47)(H,44,48)/t30-,39+,40-,42-/m0/s1. The van der Waals surface area contributed by atoms with Gasteiger partial charge in [-0.05, 0) is 66.3 Å². The molecule has 1 heterocycles. The van der Waals surface area contributed by atoms with Crippen molar-refractivity contribution in [2.75, 3.05) is 20.1 Å². The molecule has 0 radical (unpaired) electrons. The smallest absolute Gasteiger partial charge is 0.220 e. The second-order valence-corrected chi connectivity index (χ2v) is 13.3. The predicted molar refractivity (Wildman–Crippen MR) is 197 cm³/mol. The highest BCUT2D eigenvalue weighted by molar-refractivity contribution is 5.76. The van der Waals surface area contributed by atoms with E-state index in [1.807, 2.05) is 42.5 Å². The molecule has 1 saturated heterocycles. The summed E-state index contributed by atoms with van der Waals surface area (Å²) in [5.74, 6) is 0.0133. The molecule has 8 heteroatoms. The minimum atomic E-state index is -0.530. The Kier molecular flexibility index (Phi) is 13.7. The highest BCUT2D eigenvalue weighted by Crippen LogP contribution is 2.39. The molecule has 5 rings (SSSR count). The zero-order chi connectivity index (χ0) is 35.3. The van der Waals surface area contributed by atoms with Crippen LogP contribution in [0.4, 0.5) is 0 Å². The van der Waals surface area contributed by atoms with Gasteiger partial charge in [0.05, 0.1) is 18.8 Å². The minimum Gasteiger partial charge on any atom is -0.392 e. The number of benzene rings is 4. The van der Waals surface area contributed by atoms with Crippen molar-refractivity contribution in [1.82, 2.24) is 15.5 Å². The Balaban J connectivity index is 1.22. The van der Waals surface area contributed by atoms with Gasteiger partial charge in [0.1, 0.15) is 0 Å². The van der Waals surface area contributed by atoms with Crippen molar-refractivity contribution >= 4 is 11.8 Å². The average Bonchev–Trinajstić information content (AvgIpc) is 3.15. The zero-order valence-electron chi connectivity index (χ0n) is 29.5. The summed E-state index contributed by atoms with van der Waals surface area (Å²) in [6.07, 6.45) is 3.04. The molecule has 4 aromatic rings. The van der Waals surface area contributed by atoms with Crippen molar-refractivity contribution in [3.63, 3.8) is 0 Å². The number of aliphatic hydroxyl groups is 1. The Morgan fingerprint density at radius 1 is 0.820 bits per heavy atom. The maximum atomic E-state index is 12.4. The number of carbonyl (C=O) groups is 2. The lowest BCUT2D eigenvalue weighted by Gasteiger charge is -2.39. The van der Waals surface area contributed by atoms with E-state index in [1.54, 1.807) is 0 Å². The molecule has 4 atom stereocenters. The Bertz CT molecular complexity index is 1640. The lowest BCUT2D eigenvalue weighted by molar-refractivity contribution is -0.253. The predicted octanol–water partition coefficient (Wildman–Crippen LogP) is 7.40. The van der Waals surface area contributed by atoms with E-state index in [2.05, 4.69) is 90.2 Å². The fourth-order valence-corrected chi connectivity index (χ4v) is 6.33. The van der Waals surface area contributed by atoms with Gasteiger partial charge in [-0.3, -0.25) is 14.5 Å². The largest absolute Gasteiger partial charge is 0.392 e. The Morgan fingerprint density at radius 3 is 2.28 bits per heavy atom. The molecule has 0 unspecified atom stereocenters. The van der Waals surface area contributed by atoms with Crippen molar-refractivity contribution in [2.24, 2.45) is 0 Å². The molecule has 0 saturated carbocycles. The molecule has 0 aromatic heterocycles. The molecule has 3 N–H and O–H groups in total. The summed E-state index contributed by atoms with van der Waals surface area (Å²) < 4.78 is 13.2. The van der Waals surface area contributed by atoms with Crippen LogP contribution in [0.3, 0.4) is 0 Å². The first-order valence-electron chi connectivity index (χ1n) is 17.7. The van der Waals surface area contributed by atoms with E-state index in [1.165, 1.54) is 12.5 Å². The third kappa shape index (κ3) is 10.8. The highest BCUT2D eigenvalue weighted by Gasteiger charge is 2.33. The van der Waals surface area contributed by atoms with E-state index in [4.69, 9.17) is 9.47 Å². The molecule has 1 aliphatic heterocycles. The van der Waals surface area contributed by atoms with Crippen LogP contribution in [-0.2, 0) is 32.2 Å². The Labute approximate surface area is 296 Å². The van der Waals surface area contributed by atoms with Gasteiger partial charge in [-0.2, -0.15) is 0 Å². The minimum absolute atomic E-state index is 0.00919. The topological polar surface area (TPSA) is 100 Å². The normalized spacial score (nSPS) is 18.1. The van der Waals surface area contributed by atoms with Crippen LogP contribution in [0.5, 0.6) is 0 Å². The van der Waals surface area contributed by atoms with E-state index >= 15 is 0 Å². The van der Waals surface area contributed by atoms with Crippen molar-refractivity contribution < 1.29 is 24.2 Å². The molecule has 8 nitrogen and oxygen atoms in total. The molecular weight excluding hydrogens is 626 g/mol. The van der Waals surface area contributed by atoms with Crippen LogP contribution in [0.2, 0.25) is 0 Å². The van der Waals surface area contributed by atoms with E-state index in [-0.39, 0.29) is 36.7 Å². The lowest BCUT2D eigenvalue weighted by atomic mass is 9.98. The summed E-state index contributed by atoms with van der Waals surface area (Å²) in [6, 6.07) is 35.3. The average molecular weight is 678 g/mol. The number of aliphatic hydroxyl groups excluding tert-OH is 1. The first kappa shape index (κ1) is 36.9. The van der Waals surface area contributed by atoms with Gasteiger partial charge in [0.15, 0.2) is 6.29 Å². The van der Waals surface area contributed by atoms with Crippen LogP contribution in [-0.4, -0.2) is 48.1 Å². The van der Waals surface area contributed by atoms with Crippen LogP contribution < -0.4 is 10.6 Å². The molecule has 4 aromatic carbocycles. The van der Waals surface area contributed by atoms with Gasteiger partial charge in [-0.1, -0.05) is 103 Å². The van der Waals surface area contributed by atoms with Gasteiger partial charge < -0.3 is 25.2 Å². The maximum Gasteiger partial charge on any atom is 0.220 e. The molecule has 264 valence electrons. The molecule has 50 heavy (non-hydrogen) atoms.